The van der Waals surface area contributed by atoms with Gasteiger partial charge in [-0.2, -0.15) is 13.2 Å². The van der Waals surface area contributed by atoms with Crippen molar-refractivity contribution in [3.05, 3.63) is 0 Å². The predicted molar refractivity (Wildman–Crippen MR) is 76.5 cm³/mol. The third kappa shape index (κ3) is 5.49. The lowest BCUT2D eigenvalue weighted by Gasteiger charge is -2.37. The lowest BCUT2D eigenvalue weighted by Crippen LogP contribution is -2.56. The van der Waals surface area contributed by atoms with Gasteiger partial charge in [0.1, 0.15) is 6.04 Å². The summed E-state index contributed by atoms with van der Waals surface area (Å²) in [6.07, 6.45) is 1.50. The van der Waals surface area contributed by atoms with Crippen molar-refractivity contribution >= 4 is 5.91 Å². The number of halogens is 3. The highest BCUT2D eigenvalue weighted by Gasteiger charge is 2.51. The maximum absolute atomic E-state index is 13.3. The van der Waals surface area contributed by atoms with Crippen LogP contribution in [0.5, 0.6) is 0 Å². The molecule has 1 saturated heterocycles. The number of hydrogen-bond donors (Lipinski definition) is 1. The van der Waals surface area contributed by atoms with E-state index in [0.717, 1.165) is 37.1 Å². The zero-order valence-corrected chi connectivity index (χ0v) is 13.2. The van der Waals surface area contributed by atoms with Gasteiger partial charge >= 0.3 is 6.18 Å². The van der Waals surface area contributed by atoms with Crippen LogP contribution in [0.15, 0.2) is 0 Å². The van der Waals surface area contributed by atoms with E-state index in [1.165, 1.54) is 0 Å². The molecule has 1 aliphatic rings. The van der Waals surface area contributed by atoms with E-state index in [4.69, 9.17) is 0 Å². The molecule has 0 radical (unpaired) electrons. The molecule has 1 aliphatic heterocycles. The van der Waals surface area contributed by atoms with Gasteiger partial charge in [-0.05, 0) is 20.3 Å². The lowest BCUT2D eigenvalue weighted by molar-refractivity contribution is -0.202. The third-order valence-corrected chi connectivity index (χ3v) is 4.01. The average Bonchev–Trinajstić information content (AvgIpc) is 2.59. The van der Waals surface area contributed by atoms with Crippen LogP contribution in [0.1, 0.15) is 72.1 Å². The van der Waals surface area contributed by atoms with Crippen LogP contribution in [-0.2, 0) is 4.79 Å². The Balaban J connectivity index is 2.55. The second kappa shape index (κ2) is 7.47. The van der Waals surface area contributed by atoms with Gasteiger partial charge in [-0.15, -0.1) is 0 Å². The molecule has 6 heteroatoms. The first-order valence-electron chi connectivity index (χ1n) is 7.84. The number of nitrogens with one attached hydrogen (secondary N) is 1. The first kappa shape index (κ1) is 18.3. The SMILES string of the molecule is CCCCCCCC[C@H](N1NC(=O)CC1(C)C)C(F)(F)F. The Morgan fingerprint density at radius 1 is 1.19 bits per heavy atom. The summed E-state index contributed by atoms with van der Waals surface area (Å²) in [5.41, 5.74) is 1.59. The number of hydrazine groups is 1. The van der Waals surface area contributed by atoms with E-state index in [1.807, 2.05) is 0 Å². The molecule has 0 aromatic rings. The summed E-state index contributed by atoms with van der Waals surface area (Å²) in [5, 5.41) is 1.11. The maximum Gasteiger partial charge on any atom is 0.405 e. The summed E-state index contributed by atoms with van der Waals surface area (Å²) in [5.74, 6) is -0.336. The zero-order chi connectivity index (χ0) is 16.1. The number of unbranched alkanes of at least 4 members (excludes halogenated alkanes) is 5. The molecule has 0 aromatic heterocycles. The lowest BCUT2D eigenvalue weighted by atomic mass is 9.97. The first-order valence-corrected chi connectivity index (χ1v) is 7.84. The molecule has 1 amide bonds. The highest BCUT2D eigenvalue weighted by Crippen LogP contribution is 2.35. The molecule has 1 N–H and O–H groups in total. The van der Waals surface area contributed by atoms with E-state index in [9.17, 15) is 18.0 Å². The Hall–Kier alpha value is -0.780. The van der Waals surface area contributed by atoms with E-state index in [0.29, 0.717) is 6.42 Å². The minimum absolute atomic E-state index is 0.0410. The van der Waals surface area contributed by atoms with Gasteiger partial charge in [0.15, 0.2) is 0 Å². The minimum atomic E-state index is -4.32. The number of amides is 1. The highest BCUT2D eigenvalue weighted by molar-refractivity contribution is 5.78. The smallest absolute Gasteiger partial charge is 0.288 e. The van der Waals surface area contributed by atoms with E-state index >= 15 is 0 Å². The van der Waals surface area contributed by atoms with Crippen LogP contribution >= 0.6 is 0 Å². The molecule has 0 spiro atoms. The molecular formula is C15H27F3N2O. The molecule has 1 heterocycles. The monoisotopic (exact) mass is 308 g/mol. The second-order valence-corrected chi connectivity index (χ2v) is 6.51. The first-order chi connectivity index (χ1) is 9.68. The second-order valence-electron chi connectivity index (χ2n) is 6.51. The summed E-state index contributed by atoms with van der Waals surface area (Å²) in [6, 6.07) is -1.59. The molecule has 1 atom stereocenters. The van der Waals surface area contributed by atoms with Gasteiger partial charge in [0.05, 0.1) is 0 Å². The Labute approximate surface area is 125 Å². The molecule has 1 fully saturated rings. The summed E-state index contributed by atoms with van der Waals surface area (Å²) >= 11 is 0. The fourth-order valence-electron chi connectivity index (χ4n) is 2.86. The minimum Gasteiger partial charge on any atom is -0.288 e. The number of rotatable bonds is 8. The Bertz CT molecular complexity index is 342. The largest absolute Gasteiger partial charge is 0.405 e. The number of carbonyl (C=O) groups excluding carboxylic acids is 1. The summed E-state index contributed by atoms with van der Waals surface area (Å²) < 4.78 is 39.8. The van der Waals surface area contributed by atoms with E-state index in [2.05, 4.69) is 12.3 Å². The average molecular weight is 308 g/mol. The van der Waals surface area contributed by atoms with Crippen molar-refractivity contribution in [1.29, 1.82) is 0 Å². The van der Waals surface area contributed by atoms with E-state index in [-0.39, 0.29) is 18.7 Å². The van der Waals surface area contributed by atoms with E-state index < -0.39 is 17.8 Å². The fourth-order valence-corrected chi connectivity index (χ4v) is 2.86. The molecule has 124 valence electrons. The molecule has 3 nitrogen and oxygen atoms in total. The fraction of sp³-hybridized carbons (Fsp3) is 0.933. The van der Waals surface area contributed by atoms with Crippen LogP contribution in [0.3, 0.4) is 0 Å². The number of alkyl halides is 3. The van der Waals surface area contributed by atoms with Crippen molar-refractivity contribution in [2.45, 2.75) is 89.9 Å². The van der Waals surface area contributed by atoms with Crippen molar-refractivity contribution < 1.29 is 18.0 Å². The maximum atomic E-state index is 13.3. The standard InChI is InChI=1S/C15H27F3N2O/c1-4-5-6-7-8-9-10-12(15(16,17)18)20-14(2,3)11-13(21)19-20/h12H,4-11H2,1-3H3,(H,19,21)/t12-/m0/s1. The van der Waals surface area contributed by atoms with Crippen molar-refractivity contribution in [1.82, 2.24) is 10.4 Å². The van der Waals surface area contributed by atoms with Crippen LogP contribution in [0.2, 0.25) is 0 Å². The predicted octanol–water partition coefficient (Wildman–Crippen LogP) is 4.18. The van der Waals surface area contributed by atoms with Crippen LogP contribution in [-0.4, -0.2) is 28.7 Å². The van der Waals surface area contributed by atoms with E-state index in [1.54, 1.807) is 13.8 Å². The van der Waals surface area contributed by atoms with Crippen molar-refractivity contribution in [2.75, 3.05) is 0 Å². The van der Waals surface area contributed by atoms with Crippen LogP contribution in [0, 0.1) is 0 Å². The van der Waals surface area contributed by atoms with Crippen LogP contribution in [0.25, 0.3) is 0 Å². The Morgan fingerprint density at radius 3 is 2.24 bits per heavy atom. The normalized spacial score (nSPS) is 20.6. The quantitative estimate of drug-likeness (QED) is 0.682. The molecule has 0 bridgehead atoms. The molecule has 0 saturated carbocycles. The molecule has 0 aromatic carbocycles. The zero-order valence-electron chi connectivity index (χ0n) is 13.2. The summed E-state index contributed by atoms with van der Waals surface area (Å²) in [7, 11) is 0. The van der Waals surface area contributed by atoms with Gasteiger partial charge in [-0.1, -0.05) is 45.4 Å². The highest BCUT2D eigenvalue weighted by atomic mass is 19.4. The molecule has 1 rings (SSSR count). The van der Waals surface area contributed by atoms with Gasteiger partial charge in [-0.25, -0.2) is 5.01 Å². The summed E-state index contributed by atoms with van der Waals surface area (Å²) in [4.78, 5) is 11.4. The van der Waals surface area contributed by atoms with Crippen LogP contribution < -0.4 is 5.43 Å². The molecule has 21 heavy (non-hydrogen) atoms. The Morgan fingerprint density at radius 2 is 1.76 bits per heavy atom. The van der Waals surface area contributed by atoms with Crippen molar-refractivity contribution in [3.8, 4) is 0 Å². The van der Waals surface area contributed by atoms with Crippen molar-refractivity contribution in [2.24, 2.45) is 0 Å². The number of hydrogen-bond acceptors (Lipinski definition) is 2. The van der Waals surface area contributed by atoms with Gasteiger partial charge in [0, 0.05) is 12.0 Å². The Kier molecular flexibility index (Phi) is 6.50. The number of carbonyl (C=O) groups is 1. The van der Waals surface area contributed by atoms with Gasteiger partial charge in [0.25, 0.3) is 0 Å². The number of nitrogens with zero attached hydrogens (tertiary/aromatic N) is 1. The third-order valence-electron chi connectivity index (χ3n) is 4.01. The summed E-state index contributed by atoms with van der Waals surface area (Å²) in [6.45, 7) is 5.45. The van der Waals surface area contributed by atoms with Crippen LogP contribution in [0.4, 0.5) is 13.2 Å². The van der Waals surface area contributed by atoms with Crippen molar-refractivity contribution in [3.63, 3.8) is 0 Å². The molecule has 0 unspecified atom stereocenters. The molecule has 0 aliphatic carbocycles. The topological polar surface area (TPSA) is 32.3 Å². The van der Waals surface area contributed by atoms with Gasteiger partial charge in [0.2, 0.25) is 5.91 Å². The van der Waals surface area contributed by atoms with Gasteiger partial charge < -0.3 is 0 Å². The van der Waals surface area contributed by atoms with Gasteiger partial charge in [-0.3, -0.25) is 10.2 Å². The molecular weight excluding hydrogens is 281 g/mol.